The number of carbonyl (C=O) groups excluding carboxylic acids is 1. The predicted octanol–water partition coefficient (Wildman–Crippen LogP) is 1.86. The van der Waals surface area contributed by atoms with E-state index in [0.717, 1.165) is 4.88 Å². The normalized spacial score (nSPS) is 12.9. The average Bonchev–Trinajstić information content (AvgIpc) is 2.35. The molecule has 66 valence electrons. The van der Waals surface area contributed by atoms with E-state index in [1.165, 1.54) is 11.3 Å². The van der Waals surface area contributed by atoms with Crippen molar-refractivity contribution in [2.24, 2.45) is 5.73 Å². The molecular formula is C8H10ClNOS. The number of rotatable bonds is 3. The van der Waals surface area contributed by atoms with Gasteiger partial charge in [-0.1, -0.05) is 11.6 Å². The summed E-state index contributed by atoms with van der Waals surface area (Å²) in [5, 5.41) is 0. The highest BCUT2D eigenvalue weighted by atomic mass is 35.5. The summed E-state index contributed by atoms with van der Waals surface area (Å²) in [5.74, 6) is 0.0496. The summed E-state index contributed by atoms with van der Waals surface area (Å²) in [6, 6.07) is 3.26. The molecular weight excluding hydrogens is 194 g/mol. The maximum absolute atomic E-state index is 11.2. The molecule has 1 heterocycles. The number of halogens is 1. The van der Waals surface area contributed by atoms with Gasteiger partial charge in [0.15, 0.2) is 5.78 Å². The van der Waals surface area contributed by atoms with Gasteiger partial charge in [0.1, 0.15) is 0 Å². The Balaban J connectivity index is 2.58. The first-order valence-corrected chi connectivity index (χ1v) is 4.81. The molecule has 0 saturated heterocycles. The molecule has 0 saturated carbocycles. The smallest absolute Gasteiger partial charge is 0.154 e. The summed E-state index contributed by atoms with van der Waals surface area (Å²) < 4.78 is 0.711. The fraction of sp³-hybridized carbons (Fsp3) is 0.375. The Bertz CT molecular complexity index is 282. The Hall–Kier alpha value is -0.380. The lowest BCUT2D eigenvalue weighted by Gasteiger charge is -2.00. The lowest BCUT2D eigenvalue weighted by Crippen LogP contribution is -2.27. The molecule has 0 radical (unpaired) electrons. The lowest BCUT2D eigenvalue weighted by molar-refractivity contribution is -0.119. The van der Waals surface area contributed by atoms with Gasteiger partial charge in [-0.15, -0.1) is 11.3 Å². The minimum atomic E-state index is -0.383. The maximum Gasteiger partial charge on any atom is 0.154 e. The minimum Gasteiger partial charge on any atom is -0.322 e. The molecule has 0 bridgehead atoms. The molecule has 2 N–H and O–H groups in total. The minimum absolute atomic E-state index is 0.0496. The lowest BCUT2D eigenvalue weighted by atomic mass is 10.1. The largest absolute Gasteiger partial charge is 0.322 e. The van der Waals surface area contributed by atoms with Crippen molar-refractivity contribution in [2.45, 2.75) is 19.4 Å². The Morgan fingerprint density at radius 2 is 2.42 bits per heavy atom. The summed E-state index contributed by atoms with van der Waals surface area (Å²) in [4.78, 5) is 12.1. The molecule has 1 aromatic rings. The number of Topliss-reactive ketones (excluding diaryl/α,β-unsaturated/α-hetero) is 1. The van der Waals surface area contributed by atoms with Crippen LogP contribution >= 0.6 is 22.9 Å². The van der Waals surface area contributed by atoms with Crippen LogP contribution < -0.4 is 5.73 Å². The molecule has 0 amide bonds. The van der Waals surface area contributed by atoms with Crippen molar-refractivity contribution in [3.8, 4) is 0 Å². The van der Waals surface area contributed by atoms with E-state index in [9.17, 15) is 4.79 Å². The third-order valence-electron chi connectivity index (χ3n) is 1.49. The molecule has 0 fully saturated rings. The molecule has 0 aliphatic carbocycles. The highest BCUT2D eigenvalue weighted by molar-refractivity contribution is 7.16. The predicted molar refractivity (Wildman–Crippen MR) is 51.7 cm³/mol. The Labute approximate surface area is 80.3 Å². The first kappa shape index (κ1) is 9.71. The van der Waals surface area contributed by atoms with Crippen LogP contribution in [0.15, 0.2) is 12.1 Å². The van der Waals surface area contributed by atoms with Gasteiger partial charge in [0, 0.05) is 11.3 Å². The summed E-state index contributed by atoms with van der Waals surface area (Å²) >= 11 is 7.12. The summed E-state index contributed by atoms with van der Waals surface area (Å²) in [6.45, 7) is 1.69. The summed E-state index contributed by atoms with van der Waals surface area (Å²) in [6.07, 6.45) is 0.398. The van der Waals surface area contributed by atoms with E-state index < -0.39 is 0 Å². The zero-order valence-electron chi connectivity index (χ0n) is 6.71. The zero-order chi connectivity index (χ0) is 9.14. The highest BCUT2D eigenvalue weighted by Crippen LogP contribution is 2.21. The van der Waals surface area contributed by atoms with Crippen molar-refractivity contribution in [1.29, 1.82) is 0 Å². The van der Waals surface area contributed by atoms with E-state index >= 15 is 0 Å². The summed E-state index contributed by atoms with van der Waals surface area (Å²) in [5.41, 5.74) is 5.41. The van der Waals surface area contributed by atoms with Crippen molar-refractivity contribution >= 4 is 28.7 Å². The molecule has 4 heteroatoms. The number of nitrogens with two attached hydrogens (primary N) is 1. The van der Waals surface area contributed by atoms with Gasteiger partial charge in [0.2, 0.25) is 0 Å². The molecule has 1 atom stereocenters. The van der Waals surface area contributed by atoms with Gasteiger partial charge in [-0.25, -0.2) is 0 Å². The van der Waals surface area contributed by atoms with Crippen LogP contribution in [0.25, 0.3) is 0 Å². The van der Waals surface area contributed by atoms with Crippen LogP contribution in [0, 0.1) is 0 Å². The van der Waals surface area contributed by atoms with Crippen LogP contribution in [-0.2, 0) is 11.2 Å². The molecule has 2 nitrogen and oxygen atoms in total. The van der Waals surface area contributed by atoms with Crippen LogP contribution in [0.3, 0.4) is 0 Å². The quantitative estimate of drug-likeness (QED) is 0.815. The van der Waals surface area contributed by atoms with Gasteiger partial charge in [-0.3, -0.25) is 4.79 Å². The van der Waals surface area contributed by atoms with Gasteiger partial charge in [-0.05, 0) is 19.1 Å². The van der Waals surface area contributed by atoms with E-state index in [1.54, 1.807) is 13.0 Å². The van der Waals surface area contributed by atoms with Crippen molar-refractivity contribution in [2.75, 3.05) is 0 Å². The van der Waals surface area contributed by atoms with Crippen molar-refractivity contribution in [1.82, 2.24) is 0 Å². The number of carbonyl (C=O) groups is 1. The second-order valence-corrected chi connectivity index (χ2v) is 4.44. The van der Waals surface area contributed by atoms with Crippen LogP contribution in [0.2, 0.25) is 4.34 Å². The van der Waals surface area contributed by atoms with Gasteiger partial charge in [0.25, 0.3) is 0 Å². The Kier molecular flexibility index (Phi) is 3.26. The third-order valence-corrected chi connectivity index (χ3v) is 2.72. The summed E-state index contributed by atoms with van der Waals surface area (Å²) in [7, 11) is 0. The molecule has 0 aromatic carbocycles. The number of hydrogen-bond donors (Lipinski definition) is 1. The van der Waals surface area contributed by atoms with Gasteiger partial charge in [0.05, 0.1) is 10.4 Å². The number of ketones is 1. The van der Waals surface area contributed by atoms with Crippen LogP contribution in [0.1, 0.15) is 11.8 Å². The van der Waals surface area contributed by atoms with E-state index in [2.05, 4.69) is 0 Å². The van der Waals surface area contributed by atoms with E-state index in [4.69, 9.17) is 17.3 Å². The molecule has 0 spiro atoms. The first-order chi connectivity index (χ1) is 5.59. The molecule has 12 heavy (non-hydrogen) atoms. The zero-order valence-corrected chi connectivity index (χ0v) is 8.28. The fourth-order valence-electron chi connectivity index (χ4n) is 0.779. The molecule has 1 aromatic heterocycles. The first-order valence-electron chi connectivity index (χ1n) is 3.62. The molecule has 1 unspecified atom stereocenters. The topological polar surface area (TPSA) is 43.1 Å². The maximum atomic E-state index is 11.2. The van der Waals surface area contributed by atoms with Gasteiger partial charge >= 0.3 is 0 Å². The fourth-order valence-corrected chi connectivity index (χ4v) is 1.88. The second-order valence-electron chi connectivity index (χ2n) is 2.64. The third kappa shape index (κ3) is 2.59. The highest BCUT2D eigenvalue weighted by Gasteiger charge is 2.09. The van der Waals surface area contributed by atoms with E-state index in [1.807, 2.05) is 6.07 Å². The standard InChI is InChI=1S/C8H10ClNOS/c1-5(10)7(11)4-6-2-3-8(9)12-6/h2-3,5H,4,10H2,1H3. The van der Waals surface area contributed by atoms with Crippen molar-refractivity contribution < 1.29 is 4.79 Å². The van der Waals surface area contributed by atoms with Crippen molar-refractivity contribution in [3.63, 3.8) is 0 Å². The van der Waals surface area contributed by atoms with Crippen LogP contribution in [0.4, 0.5) is 0 Å². The number of thiophene rings is 1. The van der Waals surface area contributed by atoms with Crippen LogP contribution in [0.5, 0.6) is 0 Å². The van der Waals surface area contributed by atoms with E-state index in [0.29, 0.717) is 10.8 Å². The molecule has 1 rings (SSSR count). The van der Waals surface area contributed by atoms with Gasteiger partial charge in [-0.2, -0.15) is 0 Å². The number of hydrogen-bond acceptors (Lipinski definition) is 3. The van der Waals surface area contributed by atoms with Gasteiger partial charge < -0.3 is 5.73 Å². The van der Waals surface area contributed by atoms with Crippen molar-refractivity contribution in [3.05, 3.63) is 21.3 Å². The van der Waals surface area contributed by atoms with Crippen LogP contribution in [-0.4, -0.2) is 11.8 Å². The Morgan fingerprint density at radius 1 is 1.75 bits per heavy atom. The molecule has 0 aliphatic heterocycles. The Morgan fingerprint density at radius 3 is 2.83 bits per heavy atom. The average molecular weight is 204 g/mol. The molecule has 0 aliphatic rings. The van der Waals surface area contributed by atoms with E-state index in [-0.39, 0.29) is 11.8 Å². The SMILES string of the molecule is CC(N)C(=O)Cc1ccc(Cl)s1. The second kappa shape index (κ2) is 4.03. The monoisotopic (exact) mass is 203 g/mol.